The lowest BCUT2D eigenvalue weighted by atomic mass is 10.1. The van der Waals surface area contributed by atoms with Gasteiger partial charge in [-0.3, -0.25) is 0 Å². The predicted molar refractivity (Wildman–Crippen MR) is 95.4 cm³/mol. The molecule has 124 valence electrons. The van der Waals surface area contributed by atoms with Gasteiger partial charge in [0.2, 0.25) is 0 Å². The highest BCUT2D eigenvalue weighted by atomic mass is 16.5. The van der Waals surface area contributed by atoms with E-state index in [1.165, 1.54) is 7.11 Å². The van der Waals surface area contributed by atoms with Gasteiger partial charge in [0.05, 0.1) is 29.4 Å². The first-order chi connectivity index (χ1) is 12.1. The molecular weight excluding hydrogens is 318 g/mol. The van der Waals surface area contributed by atoms with Gasteiger partial charge in [-0.1, -0.05) is 36.4 Å². The second kappa shape index (κ2) is 6.97. The number of esters is 1. The summed E-state index contributed by atoms with van der Waals surface area (Å²) in [5.41, 5.74) is 2.72. The number of hydrogen-bond donors (Lipinski definition) is 1. The summed E-state index contributed by atoms with van der Waals surface area (Å²) in [7, 11) is 1.33. The van der Waals surface area contributed by atoms with Crippen molar-refractivity contribution >= 4 is 35.0 Å². The van der Waals surface area contributed by atoms with Crippen LogP contribution >= 0.6 is 0 Å². The number of pyridine rings is 1. The normalized spacial score (nSPS) is 10.9. The van der Waals surface area contributed by atoms with Crippen LogP contribution in [0.25, 0.3) is 23.1 Å². The lowest BCUT2D eigenvalue weighted by Crippen LogP contribution is -2.00. The van der Waals surface area contributed by atoms with Crippen molar-refractivity contribution in [3.63, 3.8) is 0 Å². The van der Waals surface area contributed by atoms with E-state index >= 15 is 0 Å². The Labute approximate surface area is 144 Å². The van der Waals surface area contributed by atoms with E-state index in [1.54, 1.807) is 54.6 Å². The van der Waals surface area contributed by atoms with Gasteiger partial charge in [0.25, 0.3) is 0 Å². The highest BCUT2D eigenvalue weighted by Crippen LogP contribution is 2.20. The molecule has 1 aromatic heterocycles. The zero-order chi connectivity index (χ0) is 17.8. The topological polar surface area (TPSA) is 76.5 Å². The van der Waals surface area contributed by atoms with Gasteiger partial charge < -0.3 is 9.84 Å². The average molecular weight is 333 g/mol. The zero-order valence-corrected chi connectivity index (χ0v) is 13.5. The Morgan fingerprint density at radius 2 is 1.76 bits per heavy atom. The standard InChI is InChI=1S/C20H15NO4/c1-25-20(24)14-9-6-13(7-10-14)8-11-15-12-17(19(22)23)16-4-2-3-5-18(16)21-15/h2-12H,1H3,(H,22,23)/b11-8+. The fourth-order valence-corrected chi connectivity index (χ4v) is 2.49. The summed E-state index contributed by atoms with van der Waals surface area (Å²) in [6.45, 7) is 0. The molecular formula is C20H15NO4. The maximum atomic E-state index is 11.5. The third kappa shape index (κ3) is 3.55. The Morgan fingerprint density at radius 3 is 2.44 bits per heavy atom. The molecule has 1 N–H and O–H groups in total. The molecule has 3 aromatic rings. The molecule has 0 atom stereocenters. The monoisotopic (exact) mass is 333 g/mol. The second-order valence-electron chi connectivity index (χ2n) is 5.36. The van der Waals surface area contributed by atoms with Crippen molar-refractivity contribution in [3.8, 4) is 0 Å². The Balaban J connectivity index is 1.93. The van der Waals surface area contributed by atoms with Crippen LogP contribution in [0.1, 0.15) is 32.0 Å². The average Bonchev–Trinajstić information content (AvgIpc) is 2.65. The molecule has 0 radical (unpaired) electrons. The largest absolute Gasteiger partial charge is 0.478 e. The molecule has 1 heterocycles. The Hall–Kier alpha value is -3.47. The van der Waals surface area contributed by atoms with Crippen molar-refractivity contribution in [2.24, 2.45) is 0 Å². The molecule has 0 fully saturated rings. The Kier molecular flexibility index (Phi) is 4.57. The van der Waals surface area contributed by atoms with Gasteiger partial charge in [-0.25, -0.2) is 14.6 Å². The maximum absolute atomic E-state index is 11.5. The van der Waals surface area contributed by atoms with E-state index in [1.807, 2.05) is 12.1 Å². The predicted octanol–water partition coefficient (Wildman–Crippen LogP) is 3.89. The molecule has 5 nitrogen and oxygen atoms in total. The van der Waals surface area contributed by atoms with Gasteiger partial charge in [-0.15, -0.1) is 0 Å². The van der Waals surface area contributed by atoms with Crippen LogP contribution in [0.3, 0.4) is 0 Å². The van der Waals surface area contributed by atoms with Crippen molar-refractivity contribution < 1.29 is 19.4 Å². The van der Waals surface area contributed by atoms with Crippen molar-refractivity contribution in [1.82, 2.24) is 4.98 Å². The number of carboxylic acids is 1. The molecule has 0 saturated heterocycles. The highest BCUT2D eigenvalue weighted by Gasteiger charge is 2.10. The minimum atomic E-state index is -0.990. The summed E-state index contributed by atoms with van der Waals surface area (Å²) in [5.74, 6) is -1.38. The lowest BCUT2D eigenvalue weighted by molar-refractivity contribution is 0.0600. The number of nitrogens with zero attached hydrogens (tertiary/aromatic N) is 1. The van der Waals surface area contributed by atoms with Crippen LogP contribution in [0, 0.1) is 0 Å². The number of carboxylic acid groups (broad SMARTS) is 1. The summed E-state index contributed by atoms with van der Waals surface area (Å²) in [4.78, 5) is 27.4. The number of aromatic carboxylic acids is 1. The Bertz CT molecular complexity index is 975. The number of methoxy groups -OCH3 is 1. The first kappa shape index (κ1) is 16.4. The zero-order valence-electron chi connectivity index (χ0n) is 13.5. The van der Waals surface area contributed by atoms with Crippen molar-refractivity contribution in [2.75, 3.05) is 7.11 Å². The summed E-state index contributed by atoms with van der Waals surface area (Å²) in [5, 5.41) is 10.0. The van der Waals surface area contributed by atoms with E-state index in [-0.39, 0.29) is 5.56 Å². The molecule has 0 unspecified atom stereocenters. The first-order valence-corrected chi connectivity index (χ1v) is 7.58. The number of carbonyl (C=O) groups is 2. The van der Waals surface area contributed by atoms with E-state index in [4.69, 9.17) is 0 Å². The molecule has 0 spiro atoms. The molecule has 0 aliphatic carbocycles. The van der Waals surface area contributed by atoms with Gasteiger partial charge in [0.15, 0.2) is 0 Å². The van der Waals surface area contributed by atoms with Crippen molar-refractivity contribution in [3.05, 3.63) is 77.0 Å². The number of carbonyl (C=O) groups excluding carboxylic acids is 1. The third-order valence-corrected chi connectivity index (χ3v) is 3.74. The van der Waals surface area contributed by atoms with E-state index in [0.29, 0.717) is 22.2 Å². The lowest BCUT2D eigenvalue weighted by Gasteiger charge is -2.04. The van der Waals surface area contributed by atoms with Crippen LogP contribution < -0.4 is 0 Å². The van der Waals surface area contributed by atoms with Crippen LogP contribution in [-0.2, 0) is 4.74 Å². The molecule has 0 saturated carbocycles. The van der Waals surface area contributed by atoms with E-state index < -0.39 is 11.9 Å². The number of aromatic nitrogens is 1. The van der Waals surface area contributed by atoms with Gasteiger partial charge in [-0.05, 0) is 35.9 Å². The third-order valence-electron chi connectivity index (χ3n) is 3.74. The smallest absolute Gasteiger partial charge is 0.337 e. The van der Waals surface area contributed by atoms with Crippen molar-refractivity contribution in [1.29, 1.82) is 0 Å². The molecule has 0 bridgehead atoms. The molecule has 25 heavy (non-hydrogen) atoms. The first-order valence-electron chi connectivity index (χ1n) is 7.58. The number of hydrogen-bond acceptors (Lipinski definition) is 4. The van der Waals surface area contributed by atoms with Crippen LogP contribution in [-0.4, -0.2) is 29.1 Å². The summed E-state index contributed by atoms with van der Waals surface area (Å²) >= 11 is 0. The van der Waals surface area contributed by atoms with Crippen LogP contribution in [0.5, 0.6) is 0 Å². The van der Waals surface area contributed by atoms with Gasteiger partial charge in [0.1, 0.15) is 0 Å². The maximum Gasteiger partial charge on any atom is 0.337 e. The minimum Gasteiger partial charge on any atom is -0.478 e. The molecule has 0 aliphatic heterocycles. The Morgan fingerprint density at radius 1 is 1.04 bits per heavy atom. The van der Waals surface area contributed by atoms with E-state index in [0.717, 1.165) is 5.56 Å². The summed E-state index contributed by atoms with van der Waals surface area (Å²) < 4.78 is 4.66. The number of para-hydroxylation sites is 1. The molecule has 2 aromatic carbocycles. The molecule has 5 heteroatoms. The van der Waals surface area contributed by atoms with E-state index in [9.17, 15) is 14.7 Å². The second-order valence-corrected chi connectivity index (χ2v) is 5.36. The van der Waals surface area contributed by atoms with Crippen LogP contribution in [0.4, 0.5) is 0 Å². The van der Waals surface area contributed by atoms with Crippen LogP contribution in [0.15, 0.2) is 54.6 Å². The fraction of sp³-hybridized carbons (Fsp3) is 0.0500. The van der Waals surface area contributed by atoms with Crippen molar-refractivity contribution in [2.45, 2.75) is 0 Å². The summed E-state index contributed by atoms with van der Waals surface area (Å²) in [6, 6.07) is 15.6. The molecule has 0 aliphatic rings. The number of rotatable bonds is 4. The highest BCUT2D eigenvalue weighted by molar-refractivity contribution is 6.03. The molecule has 0 amide bonds. The molecule has 3 rings (SSSR count). The van der Waals surface area contributed by atoms with Gasteiger partial charge in [-0.2, -0.15) is 0 Å². The number of fused-ring (bicyclic) bond motifs is 1. The minimum absolute atomic E-state index is 0.214. The van der Waals surface area contributed by atoms with E-state index in [2.05, 4.69) is 9.72 Å². The van der Waals surface area contributed by atoms with Gasteiger partial charge in [0, 0.05) is 5.39 Å². The number of ether oxygens (including phenoxy) is 1. The number of benzene rings is 2. The SMILES string of the molecule is COC(=O)c1ccc(/C=C/c2cc(C(=O)O)c3ccccc3n2)cc1. The van der Waals surface area contributed by atoms with Gasteiger partial charge >= 0.3 is 11.9 Å². The fourth-order valence-electron chi connectivity index (χ4n) is 2.49. The van der Waals surface area contributed by atoms with Crippen LogP contribution in [0.2, 0.25) is 0 Å². The summed E-state index contributed by atoms with van der Waals surface area (Å²) in [6.07, 6.45) is 3.55. The quantitative estimate of drug-likeness (QED) is 0.733.